The molecule has 0 radical (unpaired) electrons. The summed E-state index contributed by atoms with van der Waals surface area (Å²) in [5.41, 5.74) is 13.0. The number of aliphatic carboxylic acids is 2. The van der Waals surface area contributed by atoms with E-state index in [1.54, 1.807) is 68.4 Å². The van der Waals surface area contributed by atoms with Crippen LogP contribution in [0.2, 0.25) is 0 Å². The van der Waals surface area contributed by atoms with Gasteiger partial charge in [0.2, 0.25) is 65.0 Å². The van der Waals surface area contributed by atoms with Crippen LogP contribution in [0.5, 0.6) is 0 Å². The van der Waals surface area contributed by atoms with Crippen LogP contribution in [0.1, 0.15) is 90.7 Å². The van der Waals surface area contributed by atoms with Gasteiger partial charge in [-0.25, -0.2) is 4.79 Å². The molecule has 2 saturated heterocycles. The summed E-state index contributed by atoms with van der Waals surface area (Å²) in [5.74, 6) is -14.3. The molecule has 29 heteroatoms. The summed E-state index contributed by atoms with van der Waals surface area (Å²) in [5, 5.41) is 59.2. The van der Waals surface area contributed by atoms with Gasteiger partial charge in [-0.1, -0.05) is 88.4 Å². The molecule has 11 amide bonds. The second kappa shape index (κ2) is 33.1. The number of benzene rings is 2. The number of rotatable bonds is 32. The van der Waals surface area contributed by atoms with Crippen LogP contribution in [0.4, 0.5) is 0 Å². The number of aliphatic hydroxyl groups is 2. The number of carboxylic acids is 2. The monoisotopic (exact) mass is 1190 g/mol. The third-order valence-electron chi connectivity index (χ3n) is 14.3. The largest absolute Gasteiger partial charge is 0.481 e. The summed E-state index contributed by atoms with van der Waals surface area (Å²) in [6.45, 7) is 5.68. The van der Waals surface area contributed by atoms with Gasteiger partial charge in [0.1, 0.15) is 54.4 Å². The fourth-order valence-corrected chi connectivity index (χ4v) is 9.67. The van der Waals surface area contributed by atoms with E-state index < -0.39 is 188 Å². The summed E-state index contributed by atoms with van der Waals surface area (Å²) in [6, 6.07) is 3.18. The zero-order valence-corrected chi connectivity index (χ0v) is 48.1. The molecule has 16 N–H and O–H groups in total. The lowest BCUT2D eigenvalue weighted by Gasteiger charge is -2.32. The Balaban J connectivity index is 1.37. The maximum absolute atomic E-state index is 14.0. The molecule has 0 unspecified atom stereocenters. The highest BCUT2D eigenvalue weighted by Crippen LogP contribution is 2.23. The van der Waals surface area contributed by atoms with Crippen LogP contribution in [-0.4, -0.2) is 200 Å². The standard InChI is InChI=1S/C56H80N12O17/c1-29(2)44(52(80)59-27-42(72)60-38(28-69)49(77)61-35(20-21-43(73)74)54(82)67-22-12-18-39(67)50(78)63-37(56(84)85)25-33-16-10-7-11-17-33)64-48(76)36(26-41(58)71)62-53(81)46(31(5)70)66-51(79)40-19-13-23-68(40)55(83)45(30(3)4)65-47(75)34(57)24-32-14-8-6-9-15-32/h6-11,14-17,29-31,34-40,44-46,69-70H,12-13,18-28,57H2,1-5H3,(H2,58,71)(H,59,80)(H,60,72)(H,61,77)(H,62,81)(H,63,78)(H,64,76)(H,65,75)(H,66,79)(H,73,74)(H,84,85)/t31-,34+,35+,36+,37+,38+,39+,40+,44+,45+,46+/m1/s1. The number of carbonyl (C=O) groups excluding carboxylic acids is 11. The number of hydrogen-bond donors (Lipinski definition) is 14. The van der Waals surface area contributed by atoms with Gasteiger partial charge in [0.25, 0.3) is 0 Å². The average molecular weight is 1190 g/mol. The van der Waals surface area contributed by atoms with Crippen molar-refractivity contribution in [3.63, 3.8) is 0 Å². The van der Waals surface area contributed by atoms with Crippen molar-refractivity contribution in [2.45, 2.75) is 159 Å². The highest BCUT2D eigenvalue weighted by Gasteiger charge is 2.43. The summed E-state index contributed by atoms with van der Waals surface area (Å²) in [4.78, 5) is 175. The van der Waals surface area contributed by atoms with E-state index in [0.29, 0.717) is 18.4 Å². The third-order valence-corrected chi connectivity index (χ3v) is 14.3. The van der Waals surface area contributed by atoms with Crippen molar-refractivity contribution < 1.29 is 82.8 Å². The molecule has 2 heterocycles. The minimum atomic E-state index is -1.81. The first-order valence-corrected chi connectivity index (χ1v) is 28.0. The molecule has 0 spiro atoms. The third kappa shape index (κ3) is 20.9. The SMILES string of the molecule is CC(C)[C@H](NC(=O)[C@H](CC(N)=O)NC(=O)[C@@H](NC(=O)[C@@H]1CCCN1C(=O)[C@@H](NC(=O)[C@@H](N)Cc1ccccc1)C(C)C)[C@@H](C)O)C(=O)NCC(=O)N[C@@H](CO)C(=O)N[C@@H](CCC(=O)O)C(=O)N1CCC[C@H]1C(=O)N[C@@H](Cc1ccccc1)C(=O)O. The van der Waals surface area contributed by atoms with Gasteiger partial charge in [-0.2, -0.15) is 0 Å². The average Bonchev–Trinajstić information content (AvgIpc) is 4.38. The Bertz CT molecular complexity index is 2720. The summed E-state index contributed by atoms with van der Waals surface area (Å²) >= 11 is 0. The first-order valence-electron chi connectivity index (χ1n) is 28.0. The second-order valence-electron chi connectivity index (χ2n) is 21.7. The molecule has 29 nitrogen and oxygen atoms in total. The lowest BCUT2D eigenvalue weighted by Crippen LogP contribution is -2.62. The van der Waals surface area contributed by atoms with Crippen molar-refractivity contribution in [2.75, 3.05) is 26.2 Å². The number of likely N-dealkylation sites (tertiary alicyclic amines) is 2. The van der Waals surface area contributed by atoms with Gasteiger partial charge in [0, 0.05) is 25.9 Å². The van der Waals surface area contributed by atoms with E-state index in [-0.39, 0.29) is 38.8 Å². The van der Waals surface area contributed by atoms with E-state index in [4.69, 9.17) is 11.5 Å². The number of primary amides is 1. The molecule has 0 aromatic heterocycles. The highest BCUT2D eigenvalue weighted by atomic mass is 16.4. The van der Waals surface area contributed by atoms with Gasteiger partial charge in [0.15, 0.2) is 0 Å². The normalized spacial score (nSPS) is 18.0. The van der Waals surface area contributed by atoms with Crippen molar-refractivity contribution in [3.8, 4) is 0 Å². The van der Waals surface area contributed by atoms with Crippen molar-refractivity contribution in [1.29, 1.82) is 0 Å². The lowest BCUT2D eigenvalue weighted by atomic mass is 10.00. The van der Waals surface area contributed by atoms with Gasteiger partial charge in [0.05, 0.1) is 31.7 Å². The predicted octanol–water partition coefficient (Wildman–Crippen LogP) is -4.20. The van der Waals surface area contributed by atoms with Gasteiger partial charge in [-0.3, -0.25) is 57.5 Å². The van der Waals surface area contributed by atoms with E-state index in [9.17, 15) is 82.8 Å². The molecule has 2 aliphatic rings. The van der Waals surface area contributed by atoms with E-state index in [1.165, 1.54) is 18.7 Å². The van der Waals surface area contributed by atoms with Crippen LogP contribution < -0.4 is 54.0 Å². The fourth-order valence-electron chi connectivity index (χ4n) is 9.67. The smallest absolute Gasteiger partial charge is 0.326 e. The molecular weight excluding hydrogens is 1110 g/mol. The predicted molar refractivity (Wildman–Crippen MR) is 301 cm³/mol. The Kier molecular flexibility index (Phi) is 26.8. The van der Waals surface area contributed by atoms with Gasteiger partial charge < -0.3 is 84.2 Å². The second-order valence-corrected chi connectivity index (χ2v) is 21.7. The Hall–Kier alpha value is -8.57. The Morgan fingerprint density at radius 1 is 0.565 bits per heavy atom. The number of carbonyl (C=O) groups is 13. The quantitative estimate of drug-likeness (QED) is 0.0330. The number of amides is 11. The molecule has 0 bridgehead atoms. The summed E-state index contributed by atoms with van der Waals surface area (Å²) < 4.78 is 0. The van der Waals surface area contributed by atoms with Crippen molar-refractivity contribution in [3.05, 3.63) is 71.8 Å². The molecular formula is C56H80N12O17. The fraction of sp³-hybridized carbons (Fsp3) is 0.554. The molecule has 11 atom stereocenters. The molecule has 85 heavy (non-hydrogen) atoms. The van der Waals surface area contributed by atoms with E-state index in [1.807, 2.05) is 6.07 Å². The maximum Gasteiger partial charge on any atom is 0.326 e. The van der Waals surface area contributed by atoms with Crippen LogP contribution in [0.25, 0.3) is 0 Å². The van der Waals surface area contributed by atoms with E-state index in [2.05, 4.69) is 42.5 Å². The molecule has 2 aliphatic heterocycles. The number of nitrogens with zero attached hydrogens (tertiary/aromatic N) is 2. The number of carboxylic acid groups (broad SMARTS) is 2. The van der Waals surface area contributed by atoms with Crippen molar-refractivity contribution >= 4 is 76.9 Å². The first kappa shape index (κ1) is 68.9. The van der Waals surface area contributed by atoms with Crippen LogP contribution in [-0.2, 0) is 75.2 Å². The highest BCUT2D eigenvalue weighted by molar-refractivity contribution is 6.00. The summed E-state index contributed by atoms with van der Waals surface area (Å²) in [7, 11) is 0. The van der Waals surface area contributed by atoms with Crippen molar-refractivity contribution in [2.24, 2.45) is 23.3 Å². The van der Waals surface area contributed by atoms with Gasteiger partial charge in [-0.05, 0) is 68.4 Å². The van der Waals surface area contributed by atoms with Gasteiger partial charge in [-0.15, -0.1) is 0 Å². The molecule has 2 aromatic rings. The van der Waals surface area contributed by atoms with Crippen LogP contribution in [0.3, 0.4) is 0 Å². The zero-order chi connectivity index (χ0) is 63.2. The van der Waals surface area contributed by atoms with E-state index in [0.717, 1.165) is 17.4 Å². The van der Waals surface area contributed by atoms with E-state index >= 15 is 0 Å². The first-order chi connectivity index (χ1) is 40.1. The van der Waals surface area contributed by atoms with Crippen LogP contribution in [0, 0.1) is 11.8 Å². The molecule has 0 saturated carbocycles. The number of nitrogens with one attached hydrogen (secondary N) is 8. The Morgan fingerprint density at radius 2 is 1.07 bits per heavy atom. The van der Waals surface area contributed by atoms with Crippen molar-refractivity contribution in [1.82, 2.24) is 52.3 Å². The topological polar surface area (TPSA) is 458 Å². The number of nitrogens with two attached hydrogens (primary N) is 2. The molecule has 2 fully saturated rings. The minimum absolute atomic E-state index is 0.0167. The Morgan fingerprint density at radius 3 is 1.58 bits per heavy atom. The summed E-state index contributed by atoms with van der Waals surface area (Å²) in [6.07, 6.45) is -2.59. The minimum Gasteiger partial charge on any atom is -0.481 e. The lowest BCUT2D eigenvalue weighted by molar-refractivity contribution is -0.145. The number of hydrogen-bond acceptors (Lipinski definition) is 16. The van der Waals surface area contributed by atoms with Crippen LogP contribution >= 0.6 is 0 Å². The van der Waals surface area contributed by atoms with Crippen LogP contribution in [0.15, 0.2) is 60.7 Å². The molecule has 2 aromatic carbocycles. The molecule has 466 valence electrons. The Labute approximate surface area is 490 Å². The molecule has 4 rings (SSSR count). The number of aliphatic hydroxyl groups excluding tert-OH is 2. The molecule has 0 aliphatic carbocycles. The maximum atomic E-state index is 14.0. The van der Waals surface area contributed by atoms with Gasteiger partial charge >= 0.3 is 11.9 Å². The zero-order valence-electron chi connectivity index (χ0n) is 48.1.